The van der Waals surface area contributed by atoms with Crippen molar-refractivity contribution in [2.45, 2.75) is 23.4 Å². The quantitative estimate of drug-likeness (QED) is 0.579. The van der Waals surface area contributed by atoms with Crippen LogP contribution >= 0.6 is 0 Å². The molecule has 0 atom stereocenters. The van der Waals surface area contributed by atoms with E-state index in [1.807, 2.05) is 0 Å². The SMILES string of the molecule is NC1(CNc2nc(N3CCS(=O)(=O)c4ccccc4C3)nc3ccc(C(F)F)cc23)COC1. The Balaban J connectivity index is 1.56. The van der Waals surface area contributed by atoms with Gasteiger partial charge in [-0.15, -0.1) is 0 Å². The van der Waals surface area contributed by atoms with Gasteiger partial charge >= 0.3 is 0 Å². The van der Waals surface area contributed by atoms with E-state index >= 15 is 0 Å². The number of ether oxygens (including phenoxy) is 1. The van der Waals surface area contributed by atoms with Crippen LogP contribution in [-0.2, 0) is 21.1 Å². The number of nitrogens with two attached hydrogens (primary N) is 1. The highest BCUT2D eigenvalue weighted by Crippen LogP contribution is 2.31. The summed E-state index contributed by atoms with van der Waals surface area (Å²) in [4.78, 5) is 11.3. The summed E-state index contributed by atoms with van der Waals surface area (Å²) in [5.74, 6) is 0.606. The van der Waals surface area contributed by atoms with E-state index in [2.05, 4.69) is 15.3 Å². The molecule has 1 saturated heterocycles. The third kappa shape index (κ3) is 4.23. The lowest BCUT2D eigenvalue weighted by molar-refractivity contribution is -0.0461. The van der Waals surface area contributed by atoms with Crippen molar-refractivity contribution >= 4 is 32.5 Å². The lowest BCUT2D eigenvalue weighted by Crippen LogP contribution is -2.61. The van der Waals surface area contributed by atoms with E-state index in [0.717, 1.165) is 0 Å². The van der Waals surface area contributed by atoms with Crippen LogP contribution in [0.2, 0.25) is 0 Å². The molecule has 0 saturated carbocycles. The molecule has 2 aromatic carbocycles. The first kappa shape index (κ1) is 21.9. The first-order valence-corrected chi connectivity index (χ1v) is 12.2. The highest BCUT2D eigenvalue weighted by atomic mass is 32.2. The normalized spacial score (nSPS) is 19.1. The minimum absolute atomic E-state index is 0.0816. The molecule has 0 spiro atoms. The highest BCUT2D eigenvalue weighted by molar-refractivity contribution is 7.91. The number of nitrogens with zero attached hydrogens (tertiary/aromatic N) is 3. The predicted octanol–water partition coefficient (Wildman–Crippen LogP) is 2.50. The molecule has 0 bridgehead atoms. The van der Waals surface area contributed by atoms with Crippen molar-refractivity contribution in [1.82, 2.24) is 9.97 Å². The fourth-order valence-corrected chi connectivity index (χ4v) is 5.50. The summed E-state index contributed by atoms with van der Waals surface area (Å²) < 4.78 is 57.3. The number of sulfone groups is 1. The molecule has 0 aliphatic carbocycles. The Kier molecular flexibility index (Phi) is 5.42. The molecule has 5 rings (SSSR count). The molecule has 3 N–H and O–H groups in total. The molecular weight excluding hydrogens is 452 g/mol. The van der Waals surface area contributed by atoms with Gasteiger partial charge in [-0.25, -0.2) is 22.2 Å². The average molecular weight is 476 g/mol. The van der Waals surface area contributed by atoms with Crippen molar-refractivity contribution in [2.24, 2.45) is 5.73 Å². The Morgan fingerprint density at radius 1 is 1.18 bits per heavy atom. The largest absolute Gasteiger partial charge is 0.377 e. The summed E-state index contributed by atoms with van der Waals surface area (Å²) in [5, 5.41) is 3.63. The van der Waals surface area contributed by atoms with Crippen molar-refractivity contribution in [1.29, 1.82) is 0 Å². The van der Waals surface area contributed by atoms with E-state index in [1.165, 1.54) is 18.2 Å². The number of aromatic nitrogens is 2. The van der Waals surface area contributed by atoms with Gasteiger partial charge in [0.15, 0.2) is 9.84 Å². The van der Waals surface area contributed by atoms with E-state index in [-0.39, 0.29) is 17.9 Å². The van der Waals surface area contributed by atoms with E-state index < -0.39 is 21.8 Å². The number of nitrogens with one attached hydrogen (secondary N) is 1. The van der Waals surface area contributed by atoms with Crippen LogP contribution in [0, 0.1) is 0 Å². The summed E-state index contributed by atoms with van der Waals surface area (Å²) in [7, 11) is -3.44. The van der Waals surface area contributed by atoms with Gasteiger partial charge in [-0.1, -0.05) is 24.3 Å². The number of benzene rings is 2. The summed E-state index contributed by atoms with van der Waals surface area (Å²) in [6, 6.07) is 11.1. The summed E-state index contributed by atoms with van der Waals surface area (Å²) >= 11 is 0. The zero-order valence-corrected chi connectivity index (χ0v) is 18.5. The molecule has 3 aromatic rings. The number of fused-ring (bicyclic) bond motifs is 2. The predicted molar refractivity (Wildman–Crippen MR) is 120 cm³/mol. The zero-order valence-electron chi connectivity index (χ0n) is 17.7. The first-order valence-electron chi connectivity index (χ1n) is 10.5. The zero-order chi connectivity index (χ0) is 23.2. The number of halogens is 2. The molecule has 2 aliphatic rings. The number of rotatable bonds is 5. The van der Waals surface area contributed by atoms with Crippen molar-refractivity contribution in [3.8, 4) is 0 Å². The fourth-order valence-electron chi connectivity index (χ4n) is 4.01. The van der Waals surface area contributed by atoms with Crippen LogP contribution < -0.4 is 16.0 Å². The molecule has 174 valence electrons. The summed E-state index contributed by atoms with van der Waals surface area (Å²) in [6.07, 6.45) is -2.63. The van der Waals surface area contributed by atoms with Gasteiger partial charge in [0.1, 0.15) is 5.82 Å². The van der Waals surface area contributed by atoms with E-state index in [0.29, 0.717) is 59.4 Å². The van der Waals surface area contributed by atoms with E-state index in [1.54, 1.807) is 29.2 Å². The lowest BCUT2D eigenvalue weighted by atomic mass is 9.99. The molecule has 11 heteroatoms. The van der Waals surface area contributed by atoms with Crippen molar-refractivity contribution in [3.05, 3.63) is 53.6 Å². The van der Waals surface area contributed by atoms with Crippen LogP contribution in [0.25, 0.3) is 10.9 Å². The van der Waals surface area contributed by atoms with Gasteiger partial charge < -0.3 is 20.7 Å². The minimum atomic E-state index is -3.44. The van der Waals surface area contributed by atoms with Crippen LogP contribution in [-0.4, -0.2) is 56.0 Å². The van der Waals surface area contributed by atoms with Gasteiger partial charge in [-0.3, -0.25) is 0 Å². The second-order valence-corrected chi connectivity index (χ2v) is 10.6. The standard InChI is InChI=1S/C22H23F2N5O3S/c23-19(24)14-5-6-17-16(9-14)20(26-11-22(25)12-32-13-22)28-21(27-17)29-7-8-33(30,31)18-4-2-1-3-15(18)10-29/h1-6,9,19H,7-8,10-13,25H2,(H,26,27,28). The lowest BCUT2D eigenvalue weighted by Gasteiger charge is -2.38. The van der Waals surface area contributed by atoms with Crippen LogP contribution in [0.15, 0.2) is 47.4 Å². The van der Waals surface area contributed by atoms with Gasteiger partial charge in [0.05, 0.1) is 34.9 Å². The maximum absolute atomic E-state index is 13.3. The minimum Gasteiger partial charge on any atom is -0.377 e. The first-order chi connectivity index (χ1) is 15.7. The summed E-state index contributed by atoms with van der Waals surface area (Å²) in [5.41, 5.74) is 6.67. The van der Waals surface area contributed by atoms with Crippen LogP contribution in [0.4, 0.5) is 20.5 Å². The van der Waals surface area contributed by atoms with Gasteiger partial charge in [-0.2, -0.15) is 4.98 Å². The molecule has 1 aromatic heterocycles. The topological polar surface area (TPSA) is 110 Å². The average Bonchev–Trinajstić information content (AvgIpc) is 2.91. The maximum atomic E-state index is 13.3. The molecule has 0 amide bonds. The Bertz CT molecular complexity index is 1310. The van der Waals surface area contributed by atoms with Gasteiger partial charge in [0.2, 0.25) is 5.95 Å². The monoisotopic (exact) mass is 475 g/mol. The number of alkyl halides is 2. The third-order valence-electron chi connectivity index (χ3n) is 5.93. The molecule has 33 heavy (non-hydrogen) atoms. The molecule has 0 radical (unpaired) electrons. The number of anilines is 2. The van der Waals surface area contributed by atoms with Crippen molar-refractivity contribution in [2.75, 3.05) is 42.3 Å². The molecule has 2 aliphatic heterocycles. The second kappa shape index (κ2) is 8.15. The van der Waals surface area contributed by atoms with Gasteiger partial charge in [0.25, 0.3) is 6.43 Å². The number of hydrogen-bond donors (Lipinski definition) is 2. The Morgan fingerprint density at radius 2 is 1.97 bits per heavy atom. The Hall–Kier alpha value is -2.89. The Labute approximate surface area is 189 Å². The maximum Gasteiger partial charge on any atom is 0.263 e. The van der Waals surface area contributed by atoms with Crippen molar-refractivity contribution < 1.29 is 21.9 Å². The molecule has 8 nitrogen and oxygen atoms in total. The van der Waals surface area contributed by atoms with E-state index in [9.17, 15) is 17.2 Å². The van der Waals surface area contributed by atoms with Crippen LogP contribution in [0.5, 0.6) is 0 Å². The second-order valence-electron chi connectivity index (χ2n) is 8.51. The van der Waals surface area contributed by atoms with Gasteiger partial charge in [0, 0.05) is 30.6 Å². The van der Waals surface area contributed by atoms with Crippen LogP contribution in [0.1, 0.15) is 17.6 Å². The number of hydrogen-bond acceptors (Lipinski definition) is 8. The molecule has 0 unspecified atom stereocenters. The van der Waals surface area contributed by atoms with Crippen LogP contribution in [0.3, 0.4) is 0 Å². The highest BCUT2D eigenvalue weighted by Gasteiger charge is 2.34. The molecule has 3 heterocycles. The smallest absolute Gasteiger partial charge is 0.263 e. The van der Waals surface area contributed by atoms with Crippen molar-refractivity contribution in [3.63, 3.8) is 0 Å². The van der Waals surface area contributed by atoms with Gasteiger partial charge in [-0.05, 0) is 23.8 Å². The molecular formula is C22H23F2N5O3S. The Morgan fingerprint density at radius 3 is 2.70 bits per heavy atom. The third-order valence-corrected chi connectivity index (χ3v) is 7.72. The summed E-state index contributed by atoms with van der Waals surface area (Å²) in [6.45, 7) is 1.63. The fraction of sp³-hybridized carbons (Fsp3) is 0.364. The molecule has 1 fully saturated rings. The van der Waals surface area contributed by atoms with E-state index in [4.69, 9.17) is 10.5 Å².